The van der Waals surface area contributed by atoms with Gasteiger partial charge in [-0.05, 0) is 48.9 Å². The Labute approximate surface area is 130 Å². The summed E-state index contributed by atoms with van der Waals surface area (Å²) in [6.45, 7) is 10.2. The molecule has 1 nitrogen and oxygen atoms in total. The normalized spacial score (nSPS) is 14.5. The van der Waals surface area contributed by atoms with Gasteiger partial charge in [0.05, 0.1) is 0 Å². The minimum Gasteiger partial charge on any atom is -0.314 e. The van der Waals surface area contributed by atoms with Gasteiger partial charge in [0, 0.05) is 11.1 Å². The molecule has 0 bridgehead atoms. The molecule has 2 heteroatoms. The number of nitrogens with one attached hydrogen (secondary N) is 1. The predicted molar refractivity (Wildman–Crippen MR) is 90.5 cm³/mol. The summed E-state index contributed by atoms with van der Waals surface area (Å²) in [4.78, 5) is 0. The largest absolute Gasteiger partial charge is 0.314 e. The van der Waals surface area contributed by atoms with Crippen molar-refractivity contribution in [3.8, 4) is 0 Å². The zero-order valence-electron chi connectivity index (χ0n) is 13.5. The number of hydrogen-bond donors (Lipinski definition) is 1. The Morgan fingerprint density at radius 1 is 1.10 bits per heavy atom. The van der Waals surface area contributed by atoms with Crippen molar-refractivity contribution in [3.63, 3.8) is 0 Å². The summed E-state index contributed by atoms with van der Waals surface area (Å²) in [7, 11) is 0. The smallest absolute Gasteiger partial charge is 0.0406 e. The van der Waals surface area contributed by atoms with Gasteiger partial charge in [-0.1, -0.05) is 64.3 Å². The zero-order valence-corrected chi connectivity index (χ0v) is 14.2. The third-order valence-corrected chi connectivity index (χ3v) is 4.02. The molecule has 2 unspecified atom stereocenters. The Morgan fingerprint density at radius 2 is 1.75 bits per heavy atom. The van der Waals surface area contributed by atoms with E-state index in [1.54, 1.807) is 0 Å². The minimum absolute atomic E-state index is 0.559. The van der Waals surface area contributed by atoms with E-state index in [0.29, 0.717) is 12.0 Å². The highest BCUT2D eigenvalue weighted by molar-refractivity contribution is 6.30. The van der Waals surface area contributed by atoms with Crippen molar-refractivity contribution in [3.05, 3.63) is 34.9 Å². The fourth-order valence-electron chi connectivity index (χ4n) is 2.77. The molecule has 0 radical (unpaired) electrons. The lowest BCUT2D eigenvalue weighted by molar-refractivity contribution is 0.345. The molecule has 1 aromatic rings. The maximum absolute atomic E-state index is 5.96. The van der Waals surface area contributed by atoms with Crippen LogP contribution in [0.2, 0.25) is 5.02 Å². The summed E-state index contributed by atoms with van der Waals surface area (Å²) in [6.07, 6.45) is 5.06. The summed E-state index contributed by atoms with van der Waals surface area (Å²) in [5, 5.41) is 4.42. The summed E-state index contributed by atoms with van der Waals surface area (Å²) in [5.74, 6) is 1.52. The van der Waals surface area contributed by atoms with Gasteiger partial charge in [0.15, 0.2) is 0 Å². The standard InChI is InChI=1S/C18H30ClN/c1-5-6-15(4)11-17(13-20-14(2)3)12-16-7-9-18(19)10-8-16/h7-10,14-15,17,20H,5-6,11-13H2,1-4H3. The van der Waals surface area contributed by atoms with E-state index in [1.165, 1.54) is 24.8 Å². The van der Waals surface area contributed by atoms with Crippen LogP contribution in [0.3, 0.4) is 0 Å². The monoisotopic (exact) mass is 295 g/mol. The molecule has 114 valence electrons. The van der Waals surface area contributed by atoms with Gasteiger partial charge < -0.3 is 5.32 Å². The lowest BCUT2D eigenvalue weighted by Gasteiger charge is -2.23. The molecule has 0 saturated carbocycles. The van der Waals surface area contributed by atoms with Crippen LogP contribution >= 0.6 is 11.6 Å². The second-order valence-corrected chi connectivity index (χ2v) is 6.83. The van der Waals surface area contributed by atoms with Gasteiger partial charge in [-0.3, -0.25) is 0 Å². The first-order valence-electron chi connectivity index (χ1n) is 7.99. The van der Waals surface area contributed by atoms with Crippen LogP contribution in [0.1, 0.15) is 52.5 Å². The van der Waals surface area contributed by atoms with Gasteiger partial charge in [-0.15, -0.1) is 0 Å². The van der Waals surface area contributed by atoms with Crippen LogP contribution < -0.4 is 5.32 Å². The fraction of sp³-hybridized carbons (Fsp3) is 0.667. The van der Waals surface area contributed by atoms with Gasteiger partial charge in [0.2, 0.25) is 0 Å². The average molecular weight is 296 g/mol. The topological polar surface area (TPSA) is 12.0 Å². The molecule has 0 saturated heterocycles. The van der Waals surface area contributed by atoms with Gasteiger partial charge in [0.1, 0.15) is 0 Å². The second-order valence-electron chi connectivity index (χ2n) is 6.39. The number of halogens is 1. The van der Waals surface area contributed by atoms with Crippen molar-refractivity contribution >= 4 is 11.6 Å². The van der Waals surface area contributed by atoms with Gasteiger partial charge in [-0.2, -0.15) is 0 Å². The molecule has 0 fully saturated rings. The second kappa shape index (κ2) is 9.41. The van der Waals surface area contributed by atoms with E-state index in [9.17, 15) is 0 Å². The summed E-state index contributed by atoms with van der Waals surface area (Å²) in [5.41, 5.74) is 1.40. The first-order chi connectivity index (χ1) is 9.51. The van der Waals surface area contributed by atoms with Gasteiger partial charge in [-0.25, -0.2) is 0 Å². The third-order valence-electron chi connectivity index (χ3n) is 3.77. The highest BCUT2D eigenvalue weighted by atomic mass is 35.5. The van der Waals surface area contributed by atoms with Crippen LogP contribution in [0.15, 0.2) is 24.3 Å². The molecular formula is C18H30ClN. The maximum atomic E-state index is 5.96. The van der Waals surface area contributed by atoms with E-state index in [2.05, 4.69) is 45.1 Å². The summed E-state index contributed by atoms with van der Waals surface area (Å²) < 4.78 is 0. The molecule has 0 amide bonds. The summed E-state index contributed by atoms with van der Waals surface area (Å²) >= 11 is 5.96. The third kappa shape index (κ3) is 7.31. The van der Waals surface area contributed by atoms with E-state index in [-0.39, 0.29) is 0 Å². The summed E-state index contributed by atoms with van der Waals surface area (Å²) in [6, 6.07) is 8.88. The lowest BCUT2D eigenvalue weighted by atomic mass is 9.88. The lowest BCUT2D eigenvalue weighted by Crippen LogP contribution is -2.30. The van der Waals surface area contributed by atoms with E-state index in [0.717, 1.165) is 23.9 Å². The Hall–Kier alpha value is -0.530. The molecule has 0 aromatic heterocycles. The fourth-order valence-corrected chi connectivity index (χ4v) is 2.90. The van der Waals surface area contributed by atoms with Crippen molar-refractivity contribution in [1.29, 1.82) is 0 Å². The van der Waals surface area contributed by atoms with Crippen LogP contribution in [0.4, 0.5) is 0 Å². The molecule has 1 rings (SSSR count). The number of benzene rings is 1. The molecule has 1 aromatic carbocycles. The average Bonchev–Trinajstić information content (AvgIpc) is 2.39. The number of hydrogen-bond acceptors (Lipinski definition) is 1. The first-order valence-corrected chi connectivity index (χ1v) is 8.36. The highest BCUT2D eigenvalue weighted by Gasteiger charge is 2.14. The van der Waals surface area contributed by atoms with Crippen molar-refractivity contribution in [2.45, 2.75) is 59.4 Å². The Balaban J connectivity index is 2.58. The molecule has 0 aliphatic heterocycles. The minimum atomic E-state index is 0.559. The molecule has 20 heavy (non-hydrogen) atoms. The molecule has 1 N–H and O–H groups in total. The van der Waals surface area contributed by atoms with Crippen molar-refractivity contribution < 1.29 is 0 Å². The predicted octanol–water partition coefficient (Wildman–Crippen LogP) is 5.32. The molecule has 0 aliphatic rings. The molecule has 2 atom stereocenters. The van der Waals surface area contributed by atoms with Crippen LogP contribution in [0.25, 0.3) is 0 Å². The number of rotatable bonds is 9. The van der Waals surface area contributed by atoms with E-state index in [4.69, 9.17) is 11.6 Å². The van der Waals surface area contributed by atoms with Crippen LogP contribution in [-0.2, 0) is 6.42 Å². The first kappa shape index (κ1) is 17.5. The SMILES string of the molecule is CCCC(C)CC(CNC(C)C)Cc1ccc(Cl)cc1. The Bertz CT molecular complexity index is 358. The Kier molecular flexibility index (Phi) is 8.25. The molecule has 0 spiro atoms. The van der Waals surface area contributed by atoms with Gasteiger partial charge >= 0.3 is 0 Å². The van der Waals surface area contributed by atoms with Gasteiger partial charge in [0.25, 0.3) is 0 Å². The molecule has 0 aliphatic carbocycles. The van der Waals surface area contributed by atoms with Crippen molar-refractivity contribution in [2.24, 2.45) is 11.8 Å². The quantitative estimate of drug-likeness (QED) is 0.650. The highest BCUT2D eigenvalue weighted by Crippen LogP contribution is 2.21. The van der Waals surface area contributed by atoms with Crippen molar-refractivity contribution in [1.82, 2.24) is 5.32 Å². The van der Waals surface area contributed by atoms with E-state index < -0.39 is 0 Å². The maximum Gasteiger partial charge on any atom is 0.0406 e. The van der Waals surface area contributed by atoms with E-state index >= 15 is 0 Å². The van der Waals surface area contributed by atoms with E-state index in [1.807, 2.05) is 12.1 Å². The molecule has 0 heterocycles. The van der Waals surface area contributed by atoms with Crippen molar-refractivity contribution in [2.75, 3.05) is 6.54 Å². The van der Waals surface area contributed by atoms with Crippen LogP contribution in [0, 0.1) is 11.8 Å². The zero-order chi connectivity index (χ0) is 15.0. The van der Waals surface area contributed by atoms with Crippen LogP contribution in [0.5, 0.6) is 0 Å². The molecular weight excluding hydrogens is 266 g/mol. The van der Waals surface area contributed by atoms with Crippen LogP contribution in [-0.4, -0.2) is 12.6 Å². The Morgan fingerprint density at radius 3 is 2.30 bits per heavy atom.